The molecule has 1 heterocycles. The minimum Gasteiger partial charge on any atom is -0.463 e. The van der Waals surface area contributed by atoms with Crippen molar-refractivity contribution in [3.8, 4) is 0 Å². The summed E-state index contributed by atoms with van der Waals surface area (Å²) in [5.74, 6) is -0.534. The first kappa shape index (κ1) is 20.5. The summed E-state index contributed by atoms with van der Waals surface area (Å²) < 4.78 is 47.5. The van der Waals surface area contributed by atoms with E-state index >= 15 is 0 Å². The Morgan fingerprint density at radius 2 is 2.00 bits per heavy atom. The second kappa shape index (κ2) is 9.08. The molecule has 4 nitrogen and oxygen atoms in total. The molecule has 1 aromatic heterocycles. The van der Waals surface area contributed by atoms with Gasteiger partial charge in [-0.25, -0.2) is 4.79 Å². The van der Waals surface area contributed by atoms with Crippen LogP contribution in [0, 0.1) is 0 Å². The second-order valence-corrected chi connectivity index (χ2v) is 5.45. The first-order chi connectivity index (χ1) is 11.3. The van der Waals surface area contributed by atoms with E-state index in [1.54, 1.807) is 19.1 Å². The lowest BCUT2D eigenvalue weighted by Crippen LogP contribution is -2.28. The molecule has 0 aliphatic rings. The predicted octanol–water partition coefficient (Wildman–Crippen LogP) is 5.05. The first-order valence-electron chi connectivity index (χ1n) is 7.46. The lowest BCUT2D eigenvalue weighted by molar-refractivity contribution is -0.125. The van der Waals surface area contributed by atoms with Gasteiger partial charge in [0.05, 0.1) is 13.2 Å². The Balaban J connectivity index is 0.00000139. The largest absolute Gasteiger partial charge is 0.463 e. The summed E-state index contributed by atoms with van der Waals surface area (Å²) in [5.41, 5.74) is 1.13. The Hall–Kier alpha value is -1.54. The van der Waals surface area contributed by atoms with Gasteiger partial charge in [-0.3, -0.25) is 0 Å². The van der Waals surface area contributed by atoms with Crippen LogP contribution in [0.3, 0.4) is 0 Å². The van der Waals surface area contributed by atoms with Crippen LogP contribution in [0.5, 0.6) is 0 Å². The molecular weight excluding hydrogens is 391 g/mol. The first-order valence-corrected chi connectivity index (χ1v) is 8.25. The van der Waals surface area contributed by atoms with Gasteiger partial charge in [-0.1, -0.05) is 29.8 Å². The molecule has 0 unspecified atom stereocenters. The molecule has 0 bridgehead atoms. The normalized spacial score (nSPS) is 11.1. The van der Waals surface area contributed by atoms with Crippen molar-refractivity contribution < 1.29 is 27.1 Å². The average Bonchev–Trinajstić information content (AvgIpc) is 2.92. The number of ether oxygens (including phenoxy) is 1. The number of benzene rings is 1. The topological polar surface area (TPSA) is 51.5 Å². The van der Waals surface area contributed by atoms with Crippen molar-refractivity contribution in [3.63, 3.8) is 0 Å². The Labute approximate surface area is 146 Å². The van der Waals surface area contributed by atoms with E-state index in [-0.39, 0.29) is 18.7 Å². The third-order valence-corrected chi connectivity index (χ3v) is 3.31. The zero-order valence-electron chi connectivity index (χ0n) is 13.6. The third-order valence-electron chi connectivity index (χ3n) is 2.85. The van der Waals surface area contributed by atoms with Crippen LogP contribution >= 0.6 is 15.9 Å². The standard InChI is InChI=1S/C14H13BrF3NO3.C2H6/c1-2-21-13(20)11-6-22-12-8(3-9(15)4-10(11)12)5-19-7-14(16,17)18;1-2/h3-4,6,19H,2,5,7H2,1H3;1-2H3. The molecule has 2 rings (SSSR count). The number of esters is 1. The maximum Gasteiger partial charge on any atom is 0.401 e. The number of nitrogens with one attached hydrogen (secondary N) is 1. The van der Waals surface area contributed by atoms with Crippen LogP contribution in [0.15, 0.2) is 27.3 Å². The molecule has 0 saturated heterocycles. The molecular formula is C16H19BrF3NO3. The van der Waals surface area contributed by atoms with Gasteiger partial charge in [-0.2, -0.15) is 13.2 Å². The van der Waals surface area contributed by atoms with Gasteiger partial charge in [-0.05, 0) is 19.1 Å². The number of carbonyl (C=O) groups is 1. The summed E-state index contributed by atoms with van der Waals surface area (Å²) in [7, 11) is 0. The molecule has 0 amide bonds. The summed E-state index contributed by atoms with van der Waals surface area (Å²) in [6.07, 6.45) is -3.03. The predicted molar refractivity (Wildman–Crippen MR) is 89.0 cm³/mol. The molecule has 1 aromatic carbocycles. The Bertz CT molecular complexity index is 683. The molecule has 8 heteroatoms. The zero-order chi connectivity index (χ0) is 18.3. The molecule has 0 spiro atoms. The van der Waals surface area contributed by atoms with Crippen molar-refractivity contribution in [3.05, 3.63) is 34.0 Å². The van der Waals surface area contributed by atoms with Crippen molar-refractivity contribution in [2.75, 3.05) is 13.2 Å². The lowest BCUT2D eigenvalue weighted by Gasteiger charge is -2.09. The Morgan fingerprint density at radius 3 is 2.58 bits per heavy atom. The summed E-state index contributed by atoms with van der Waals surface area (Å²) in [5, 5.41) is 2.80. The second-order valence-electron chi connectivity index (χ2n) is 4.53. The van der Waals surface area contributed by atoms with Crippen molar-refractivity contribution >= 4 is 32.9 Å². The van der Waals surface area contributed by atoms with E-state index in [0.717, 1.165) is 0 Å². The monoisotopic (exact) mass is 409 g/mol. The van der Waals surface area contributed by atoms with Gasteiger partial charge >= 0.3 is 12.1 Å². The van der Waals surface area contributed by atoms with Crippen LogP contribution in [0.4, 0.5) is 13.2 Å². The van der Waals surface area contributed by atoms with Crippen LogP contribution in [0.2, 0.25) is 0 Å². The van der Waals surface area contributed by atoms with Gasteiger partial charge in [0.2, 0.25) is 0 Å². The molecule has 134 valence electrons. The molecule has 0 fully saturated rings. The van der Waals surface area contributed by atoms with Crippen molar-refractivity contribution in [1.29, 1.82) is 0 Å². The fraction of sp³-hybridized carbons (Fsp3) is 0.438. The van der Waals surface area contributed by atoms with E-state index in [2.05, 4.69) is 21.2 Å². The van der Waals surface area contributed by atoms with Crippen LogP contribution in [-0.4, -0.2) is 25.3 Å². The Kier molecular flexibility index (Phi) is 7.75. The highest BCUT2D eigenvalue weighted by molar-refractivity contribution is 9.10. The lowest BCUT2D eigenvalue weighted by atomic mass is 10.1. The molecule has 0 aliphatic heterocycles. The summed E-state index contributed by atoms with van der Waals surface area (Å²) >= 11 is 3.28. The van der Waals surface area contributed by atoms with Crippen molar-refractivity contribution in [1.82, 2.24) is 5.32 Å². The fourth-order valence-corrected chi connectivity index (χ4v) is 2.51. The number of fused-ring (bicyclic) bond motifs is 1. The number of hydrogen-bond acceptors (Lipinski definition) is 4. The third kappa shape index (κ3) is 5.52. The van der Waals surface area contributed by atoms with E-state index in [9.17, 15) is 18.0 Å². The van der Waals surface area contributed by atoms with E-state index < -0.39 is 18.7 Å². The summed E-state index contributed by atoms with van der Waals surface area (Å²) in [6.45, 7) is 4.76. The Morgan fingerprint density at radius 1 is 1.33 bits per heavy atom. The highest BCUT2D eigenvalue weighted by atomic mass is 79.9. The molecule has 2 aromatic rings. The minimum atomic E-state index is -4.29. The maximum atomic E-state index is 12.2. The van der Waals surface area contributed by atoms with Crippen LogP contribution in [0.25, 0.3) is 11.0 Å². The van der Waals surface area contributed by atoms with E-state index in [0.29, 0.717) is 21.0 Å². The number of hydrogen-bond donors (Lipinski definition) is 1. The van der Waals surface area contributed by atoms with Crippen molar-refractivity contribution in [2.45, 2.75) is 33.5 Å². The molecule has 0 atom stereocenters. The highest BCUT2D eigenvalue weighted by Crippen LogP contribution is 2.29. The van der Waals surface area contributed by atoms with Gasteiger partial charge < -0.3 is 14.5 Å². The van der Waals surface area contributed by atoms with Gasteiger partial charge in [-0.15, -0.1) is 0 Å². The zero-order valence-corrected chi connectivity index (χ0v) is 15.2. The van der Waals surface area contributed by atoms with Crippen molar-refractivity contribution in [2.24, 2.45) is 0 Å². The van der Waals surface area contributed by atoms with Crippen LogP contribution < -0.4 is 5.32 Å². The number of rotatable bonds is 5. The van der Waals surface area contributed by atoms with Gasteiger partial charge in [0, 0.05) is 22.0 Å². The van der Waals surface area contributed by atoms with Gasteiger partial charge in [0.25, 0.3) is 0 Å². The fourth-order valence-electron chi connectivity index (χ4n) is 2.01. The quantitative estimate of drug-likeness (QED) is 0.701. The van der Waals surface area contributed by atoms with E-state index in [1.807, 2.05) is 13.8 Å². The van der Waals surface area contributed by atoms with Gasteiger partial charge in [0.15, 0.2) is 0 Å². The molecule has 0 radical (unpaired) electrons. The number of alkyl halides is 3. The molecule has 0 aliphatic carbocycles. The SMILES string of the molecule is CC.CCOC(=O)c1coc2c(CNCC(F)(F)F)cc(Br)cc12. The van der Waals surface area contributed by atoms with Gasteiger partial charge in [0.1, 0.15) is 17.4 Å². The van der Waals surface area contributed by atoms with Crippen LogP contribution in [0.1, 0.15) is 36.7 Å². The van der Waals surface area contributed by atoms with Crippen LogP contribution in [-0.2, 0) is 11.3 Å². The summed E-state index contributed by atoms with van der Waals surface area (Å²) in [4.78, 5) is 11.8. The number of halogens is 4. The summed E-state index contributed by atoms with van der Waals surface area (Å²) in [6, 6.07) is 3.31. The number of carbonyl (C=O) groups excluding carboxylic acids is 1. The number of furan rings is 1. The minimum absolute atomic E-state index is 0.0365. The smallest absolute Gasteiger partial charge is 0.401 e. The highest BCUT2D eigenvalue weighted by Gasteiger charge is 2.26. The van der Waals surface area contributed by atoms with E-state index in [4.69, 9.17) is 9.15 Å². The molecule has 0 saturated carbocycles. The molecule has 1 N–H and O–H groups in total. The average molecular weight is 410 g/mol. The molecule has 24 heavy (non-hydrogen) atoms. The van der Waals surface area contributed by atoms with E-state index in [1.165, 1.54) is 6.26 Å². The maximum absolute atomic E-state index is 12.2.